The molecule has 4 rings (SSSR count). The second kappa shape index (κ2) is 12.6. The van der Waals surface area contributed by atoms with Gasteiger partial charge in [-0.25, -0.2) is 0 Å². The summed E-state index contributed by atoms with van der Waals surface area (Å²) >= 11 is 0. The third kappa shape index (κ3) is 7.58. The molecule has 2 N–H and O–H groups in total. The Morgan fingerprint density at radius 3 is 2.27 bits per heavy atom. The largest absolute Gasteiger partial charge is 0.369 e. The van der Waals surface area contributed by atoms with Gasteiger partial charge in [0.25, 0.3) is 0 Å². The standard InChI is InChI=1S/C26H38N6.HI/c1-21-4-10-25(11-5-21)32-13-12-24(20-32)29-26(27-2)28-18-22-6-8-23(9-7-22)19-31-16-14-30(3)15-17-31;/h4-11,24H,12-20H2,1-3H3,(H2,27,28,29);1H. The molecule has 2 saturated heterocycles. The van der Waals surface area contributed by atoms with Crippen LogP contribution in [0.15, 0.2) is 53.5 Å². The van der Waals surface area contributed by atoms with Gasteiger partial charge in [-0.1, -0.05) is 42.0 Å². The monoisotopic (exact) mass is 562 g/mol. The zero-order chi connectivity index (χ0) is 22.3. The van der Waals surface area contributed by atoms with Gasteiger partial charge in [-0.05, 0) is 43.7 Å². The lowest BCUT2D eigenvalue weighted by molar-refractivity contribution is 0.148. The molecule has 7 heteroatoms. The second-order valence-corrected chi connectivity index (χ2v) is 9.23. The Labute approximate surface area is 216 Å². The van der Waals surface area contributed by atoms with Crippen molar-refractivity contribution in [1.29, 1.82) is 0 Å². The van der Waals surface area contributed by atoms with Crippen LogP contribution in [0.5, 0.6) is 0 Å². The van der Waals surface area contributed by atoms with Gasteiger partial charge in [-0.3, -0.25) is 9.89 Å². The van der Waals surface area contributed by atoms with E-state index in [1.807, 2.05) is 7.05 Å². The first-order chi connectivity index (χ1) is 15.6. The van der Waals surface area contributed by atoms with Gasteiger partial charge in [-0.15, -0.1) is 24.0 Å². The highest BCUT2D eigenvalue weighted by molar-refractivity contribution is 14.0. The highest BCUT2D eigenvalue weighted by Gasteiger charge is 2.23. The van der Waals surface area contributed by atoms with E-state index in [0.717, 1.165) is 64.7 Å². The molecule has 1 atom stereocenters. The molecule has 0 spiro atoms. The van der Waals surface area contributed by atoms with E-state index in [-0.39, 0.29) is 24.0 Å². The summed E-state index contributed by atoms with van der Waals surface area (Å²) in [4.78, 5) is 11.8. The Morgan fingerprint density at radius 2 is 1.61 bits per heavy atom. The number of nitrogens with zero attached hydrogens (tertiary/aromatic N) is 4. The second-order valence-electron chi connectivity index (χ2n) is 9.23. The predicted molar refractivity (Wildman–Crippen MR) is 150 cm³/mol. The minimum absolute atomic E-state index is 0. The van der Waals surface area contributed by atoms with E-state index in [1.54, 1.807) is 0 Å². The van der Waals surface area contributed by atoms with Crippen LogP contribution in [0.1, 0.15) is 23.1 Å². The maximum absolute atomic E-state index is 4.44. The number of aliphatic imine (C=N–C) groups is 1. The lowest BCUT2D eigenvalue weighted by Gasteiger charge is -2.32. The molecule has 0 radical (unpaired) electrons. The zero-order valence-electron chi connectivity index (χ0n) is 20.3. The third-order valence-corrected chi connectivity index (χ3v) is 6.64. The van der Waals surface area contributed by atoms with Crippen LogP contribution in [-0.4, -0.2) is 75.2 Å². The molecule has 0 aliphatic carbocycles. The number of hydrogen-bond acceptors (Lipinski definition) is 4. The van der Waals surface area contributed by atoms with Gasteiger partial charge < -0.3 is 20.4 Å². The van der Waals surface area contributed by atoms with E-state index in [4.69, 9.17) is 0 Å². The number of aryl methyl sites for hydroxylation is 1. The molecule has 2 fully saturated rings. The van der Waals surface area contributed by atoms with E-state index < -0.39 is 0 Å². The molecule has 6 nitrogen and oxygen atoms in total. The van der Waals surface area contributed by atoms with Crippen molar-refractivity contribution in [3.63, 3.8) is 0 Å². The van der Waals surface area contributed by atoms with Crippen LogP contribution in [0, 0.1) is 6.92 Å². The topological polar surface area (TPSA) is 46.1 Å². The van der Waals surface area contributed by atoms with Gasteiger partial charge in [-0.2, -0.15) is 0 Å². The van der Waals surface area contributed by atoms with Crippen LogP contribution in [-0.2, 0) is 13.1 Å². The summed E-state index contributed by atoms with van der Waals surface area (Å²) in [6.45, 7) is 10.7. The quantitative estimate of drug-likeness (QED) is 0.322. The van der Waals surface area contributed by atoms with Gasteiger partial charge in [0.1, 0.15) is 0 Å². The van der Waals surface area contributed by atoms with Crippen molar-refractivity contribution < 1.29 is 0 Å². The van der Waals surface area contributed by atoms with Crippen molar-refractivity contribution in [2.75, 3.05) is 58.3 Å². The molecule has 2 aromatic carbocycles. The Hall–Kier alpha value is -1.84. The van der Waals surface area contributed by atoms with Crippen molar-refractivity contribution in [2.45, 2.75) is 32.5 Å². The van der Waals surface area contributed by atoms with Crippen LogP contribution in [0.3, 0.4) is 0 Å². The molecule has 33 heavy (non-hydrogen) atoms. The Kier molecular flexibility index (Phi) is 9.82. The lowest BCUT2D eigenvalue weighted by Crippen LogP contribution is -2.44. The zero-order valence-corrected chi connectivity index (χ0v) is 22.6. The molecule has 0 bridgehead atoms. The minimum atomic E-state index is 0. The van der Waals surface area contributed by atoms with Crippen LogP contribution in [0.2, 0.25) is 0 Å². The first kappa shape index (κ1) is 25.8. The molecule has 0 aromatic heterocycles. The summed E-state index contributed by atoms with van der Waals surface area (Å²) in [7, 11) is 4.05. The Balaban J connectivity index is 0.00000306. The van der Waals surface area contributed by atoms with Crippen LogP contribution >= 0.6 is 24.0 Å². The van der Waals surface area contributed by atoms with Crippen molar-refractivity contribution >= 4 is 35.6 Å². The third-order valence-electron chi connectivity index (χ3n) is 6.64. The number of halogens is 1. The molecule has 180 valence electrons. The number of nitrogens with one attached hydrogen (secondary N) is 2. The summed E-state index contributed by atoms with van der Waals surface area (Å²) in [6, 6.07) is 18.2. The average Bonchev–Trinajstić information content (AvgIpc) is 3.28. The molecule has 1 unspecified atom stereocenters. The number of benzene rings is 2. The van der Waals surface area contributed by atoms with Gasteiger partial charge in [0.15, 0.2) is 5.96 Å². The number of hydrogen-bond donors (Lipinski definition) is 2. The summed E-state index contributed by atoms with van der Waals surface area (Å²) < 4.78 is 0. The highest BCUT2D eigenvalue weighted by atomic mass is 127. The minimum Gasteiger partial charge on any atom is -0.369 e. The van der Waals surface area contributed by atoms with Crippen molar-refractivity contribution in [3.05, 3.63) is 65.2 Å². The Morgan fingerprint density at radius 1 is 0.939 bits per heavy atom. The van der Waals surface area contributed by atoms with Gasteiger partial charge in [0.05, 0.1) is 0 Å². The molecule has 0 saturated carbocycles. The fourth-order valence-corrected chi connectivity index (χ4v) is 4.47. The molecule has 2 aliphatic rings. The van der Waals surface area contributed by atoms with Crippen molar-refractivity contribution in [2.24, 2.45) is 4.99 Å². The van der Waals surface area contributed by atoms with Gasteiger partial charge in [0.2, 0.25) is 0 Å². The summed E-state index contributed by atoms with van der Waals surface area (Å²) in [5.74, 6) is 0.877. The number of rotatable bonds is 6. The van der Waals surface area contributed by atoms with Crippen LogP contribution < -0.4 is 15.5 Å². The molecular weight excluding hydrogens is 523 g/mol. The van der Waals surface area contributed by atoms with Crippen molar-refractivity contribution in [1.82, 2.24) is 20.4 Å². The summed E-state index contributed by atoms with van der Waals surface area (Å²) in [6.07, 6.45) is 1.12. The number of anilines is 1. The van der Waals surface area contributed by atoms with Crippen LogP contribution in [0.4, 0.5) is 5.69 Å². The van der Waals surface area contributed by atoms with Gasteiger partial charge >= 0.3 is 0 Å². The molecular formula is C26H39IN6. The molecule has 2 heterocycles. The number of piperazine rings is 1. The first-order valence-electron chi connectivity index (χ1n) is 11.9. The summed E-state index contributed by atoms with van der Waals surface area (Å²) in [5, 5.41) is 7.09. The lowest BCUT2D eigenvalue weighted by atomic mass is 10.1. The maximum Gasteiger partial charge on any atom is 0.191 e. The molecule has 2 aromatic rings. The first-order valence-corrected chi connectivity index (χ1v) is 11.9. The van der Waals surface area contributed by atoms with E-state index in [2.05, 4.69) is 92.8 Å². The summed E-state index contributed by atoms with van der Waals surface area (Å²) in [5.41, 5.74) is 5.28. The SMILES string of the molecule is CN=C(NCc1ccc(CN2CCN(C)CC2)cc1)NC1CCN(c2ccc(C)cc2)C1.I. The average molecular weight is 563 g/mol. The van der Waals surface area contributed by atoms with Crippen LogP contribution in [0.25, 0.3) is 0 Å². The van der Waals surface area contributed by atoms with E-state index >= 15 is 0 Å². The fraction of sp³-hybridized carbons (Fsp3) is 0.500. The Bertz CT molecular complexity index is 875. The number of likely N-dealkylation sites (N-methyl/N-ethyl adjacent to an activating group) is 1. The maximum atomic E-state index is 4.44. The fourth-order valence-electron chi connectivity index (χ4n) is 4.47. The van der Waals surface area contributed by atoms with E-state index in [1.165, 1.54) is 22.4 Å². The molecule has 0 amide bonds. The van der Waals surface area contributed by atoms with Gasteiger partial charge in [0, 0.05) is 71.1 Å². The normalized spacial score (nSPS) is 19.9. The molecule has 2 aliphatic heterocycles. The van der Waals surface area contributed by atoms with Crippen molar-refractivity contribution in [3.8, 4) is 0 Å². The smallest absolute Gasteiger partial charge is 0.191 e. The van der Waals surface area contributed by atoms with E-state index in [0.29, 0.717) is 6.04 Å². The van der Waals surface area contributed by atoms with E-state index in [9.17, 15) is 0 Å². The predicted octanol–water partition coefficient (Wildman–Crippen LogP) is 3.30. The number of guanidine groups is 1. The highest BCUT2D eigenvalue weighted by Crippen LogP contribution is 2.20.